The Morgan fingerprint density at radius 3 is 2.21 bits per heavy atom. The maximum Gasteiger partial charge on any atom is 0.410 e. The minimum atomic E-state index is -1.06. The van der Waals surface area contributed by atoms with E-state index in [1.54, 1.807) is 21.9 Å². The zero-order valence-electron chi connectivity index (χ0n) is 33.3. The second kappa shape index (κ2) is 18.3. The van der Waals surface area contributed by atoms with Crippen LogP contribution in [-0.4, -0.2) is 133 Å². The van der Waals surface area contributed by atoms with Gasteiger partial charge in [-0.3, -0.25) is 9.69 Å². The lowest BCUT2D eigenvalue weighted by Gasteiger charge is -2.39. The molecule has 0 aromatic heterocycles. The van der Waals surface area contributed by atoms with Gasteiger partial charge in [-0.15, -0.1) is 0 Å². The largest absolute Gasteiger partial charge is 0.507 e. The van der Waals surface area contributed by atoms with Crippen molar-refractivity contribution in [2.24, 2.45) is 0 Å². The number of piperazine rings is 1. The number of aryl methyl sites for hydroxylation is 2. The SMILES string of the molecule is Cc1cc(C[C@@H](OC(=O)N2CCC(N3CCc4ccccc4NC3=O)CC2)C(=O)N2CCN(c3ccc(C(=O)OCCN4CCCCC4)cc3)CC2)cc(C)c1O. The van der Waals surface area contributed by atoms with Gasteiger partial charge in [0.05, 0.1) is 5.56 Å². The van der Waals surface area contributed by atoms with Crippen molar-refractivity contribution < 1.29 is 33.8 Å². The lowest BCUT2D eigenvalue weighted by atomic mass is 10.0. The minimum Gasteiger partial charge on any atom is -0.507 e. The summed E-state index contributed by atoms with van der Waals surface area (Å²) in [4.78, 5) is 63.5. The number of rotatable bonds is 10. The number of para-hydroxylation sites is 1. The number of likely N-dealkylation sites (tertiary alicyclic amines) is 2. The molecule has 4 aliphatic heterocycles. The molecular weight excluding hydrogens is 725 g/mol. The van der Waals surface area contributed by atoms with Gasteiger partial charge in [-0.05, 0) is 112 Å². The van der Waals surface area contributed by atoms with E-state index in [0.717, 1.165) is 48.6 Å². The number of nitrogens with one attached hydrogen (secondary N) is 1. The molecule has 13 nitrogen and oxygen atoms in total. The molecule has 13 heteroatoms. The van der Waals surface area contributed by atoms with Crippen LogP contribution in [0.15, 0.2) is 60.7 Å². The normalized spacial score (nSPS) is 18.7. The first-order valence-electron chi connectivity index (χ1n) is 20.6. The Labute approximate surface area is 335 Å². The number of phenolic OH excluding ortho intramolecular Hbond substituents is 1. The summed E-state index contributed by atoms with van der Waals surface area (Å²) < 4.78 is 11.6. The van der Waals surface area contributed by atoms with Gasteiger partial charge >= 0.3 is 18.1 Å². The van der Waals surface area contributed by atoms with Gasteiger partial charge in [-0.2, -0.15) is 0 Å². The predicted octanol–water partition coefficient (Wildman–Crippen LogP) is 5.60. The van der Waals surface area contributed by atoms with Crippen LogP contribution in [0.2, 0.25) is 0 Å². The molecule has 3 saturated heterocycles. The molecule has 3 aromatic carbocycles. The number of phenols is 1. The fourth-order valence-electron chi connectivity index (χ4n) is 8.58. The fourth-order valence-corrected chi connectivity index (χ4v) is 8.58. The summed E-state index contributed by atoms with van der Waals surface area (Å²) >= 11 is 0. The van der Waals surface area contributed by atoms with E-state index in [9.17, 15) is 24.3 Å². The summed E-state index contributed by atoms with van der Waals surface area (Å²) in [5.41, 5.74) is 5.59. The molecule has 304 valence electrons. The van der Waals surface area contributed by atoms with Crippen molar-refractivity contribution >= 4 is 35.4 Å². The summed E-state index contributed by atoms with van der Waals surface area (Å²) in [6, 6.07) is 18.8. The van der Waals surface area contributed by atoms with Crippen LogP contribution in [0.25, 0.3) is 0 Å². The fraction of sp³-hybridized carbons (Fsp3) is 0.500. The smallest absolute Gasteiger partial charge is 0.410 e. The van der Waals surface area contributed by atoms with Crippen molar-refractivity contribution in [3.63, 3.8) is 0 Å². The number of nitrogens with zero attached hydrogens (tertiary/aromatic N) is 5. The number of hydrogen-bond donors (Lipinski definition) is 2. The Bertz CT molecular complexity index is 1880. The van der Waals surface area contributed by atoms with E-state index in [2.05, 4.69) is 15.1 Å². The van der Waals surface area contributed by atoms with E-state index in [0.29, 0.717) is 82.0 Å². The summed E-state index contributed by atoms with van der Waals surface area (Å²) in [5.74, 6) is -0.379. The van der Waals surface area contributed by atoms with E-state index in [-0.39, 0.29) is 36.1 Å². The van der Waals surface area contributed by atoms with Crippen molar-refractivity contribution in [2.45, 2.75) is 70.9 Å². The predicted molar refractivity (Wildman–Crippen MR) is 218 cm³/mol. The third kappa shape index (κ3) is 9.81. The molecule has 0 unspecified atom stereocenters. The number of fused-ring (bicyclic) bond motifs is 1. The van der Waals surface area contributed by atoms with Crippen LogP contribution < -0.4 is 10.2 Å². The number of carbonyl (C=O) groups is 4. The Morgan fingerprint density at radius 1 is 0.825 bits per heavy atom. The number of ether oxygens (including phenoxy) is 2. The molecule has 4 heterocycles. The molecular formula is C44H56N6O7. The molecule has 3 fully saturated rings. The third-order valence-electron chi connectivity index (χ3n) is 11.9. The van der Waals surface area contributed by atoms with E-state index >= 15 is 0 Å². The lowest BCUT2D eigenvalue weighted by Crippen LogP contribution is -2.54. The van der Waals surface area contributed by atoms with Crippen LogP contribution >= 0.6 is 0 Å². The van der Waals surface area contributed by atoms with Crippen molar-refractivity contribution in [3.8, 4) is 5.75 Å². The van der Waals surface area contributed by atoms with Crippen LogP contribution in [0.4, 0.5) is 21.0 Å². The first-order chi connectivity index (χ1) is 27.6. The summed E-state index contributed by atoms with van der Waals surface area (Å²) in [6.07, 6.45) is 4.21. The monoisotopic (exact) mass is 780 g/mol. The van der Waals surface area contributed by atoms with Gasteiger partial charge in [-0.1, -0.05) is 36.8 Å². The number of hydrogen-bond acceptors (Lipinski definition) is 9. The van der Waals surface area contributed by atoms with Crippen molar-refractivity contribution in [1.82, 2.24) is 19.6 Å². The molecule has 0 spiro atoms. The summed E-state index contributed by atoms with van der Waals surface area (Å²) in [7, 11) is 0. The van der Waals surface area contributed by atoms with E-state index in [1.165, 1.54) is 19.3 Å². The molecule has 0 saturated carbocycles. The van der Waals surface area contributed by atoms with Gasteiger partial charge in [0.1, 0.15) is 12.4 Å². The lowest BCUT2D eigenvalue weighted by molar-refractivity contribution is -0.141. The van der Waals surface area contributed by atoms with E-state index in [1.807, 2.05) is 67.3 Å². The highest BCUT2D eigenvalue weighted by Gasteiger charge is 2.35. The van der Waals surface area contributed by atoms with Gasteiger partial charge in [0.2, 0.25) is 0 Å². The molecule has 57 heavy (non-hydrogen) atoms. The van der Waals surface area contributed by atoms with Crippen molar-refractivity contribution in [3.05, 3.63) is 88.5 Å². The average molecular weight is 781 g/mol. The van der Waals surface area contributed by atoms with Crippen LogP contribution in [0.1, 0.15) is 64.7 Å². The molecule has 2 N–H and O–H groups in total. The quantitative estimate of drug-likeness (QED) is 0.252. The first kappa shape index (κ1) is 39.9. The van der Waals surface area contributed by atoms with E-state index in [4.69, 9.17) is 9.47 Å². The number of esters is 1. The van der Waals surface area contributed by atoms with Gasteiger partial charge in [0.15, 0.2) is 6.10 Å². The maximum atomic E-state index is 14.2. The molecule has 4 aliphatic rings. The van der Waals surface area contributed by atoms with Gasteiger partial charge < -0.3 is 39.5 Å². The number of anilines is 2. The first-order valence-corrected chi connectivity index (χ1v) is 20.6. The zero-order chi connectivity index (χ0) is 39.9. The molecule has 0 aliphatic carbocycles. The van der Waals surface area contributed by atoms with Gasteiger partial charge in [-0.25, -0.2) is 14.4 Å². The number of amides is 4. The van der Waals surface area contributed by atoms with Crippen molar-refractivity contribution in [1.29, 1.82) is 0 Å². The van der Waals surface area contributed by atoms with Crippen LogP contribution in [0.5, 0.6) is 5.75 Å². The number of carbonyl (C=O) groups excluding carboxylic acids is 4. The third-order valence-corrected chi connectivity index (χ3v) is 11.9. The Kier molecular flexibility index (Phi) is 12.8. The van der Waals surface area contributed by atoms with Crippen molar-refractivity contribution in [2.75, 3.05) is 82.3 Å². The number of urea groups is 1. The molecule has 0 radical (unpaired) electrons. The highest BCUT2D eigenvalue weighted by atomic mass is 16.6. The highest BCUT2D eigenvalue weighted by molar-refractivity contribution is 5.91. The molecule has 0 bridgehead atoms. The zero-order valence-corrected chi connectivity index (χ0v) is 33.3. The minimum absolute atomic E-state index is 0.0145. The van der Waals surface area contributed by atoms with E-state index < -0.39 is 12.2 Å². The number of benzene rings is 3. The Morgan fingerprint density at radius 2 is 1.51 bits per heavy atom. The Hall–Kier alpha value is -5.30. The van der Waals surface area contributed by atoms with Crippen LogP contribution in [0, 0.1) is 13.8 Å². The highest BCUT2D eigenvalue weighted by Crippen LogP contribution is 2.27. The standard InChI is InChI=1S/C44H56N6O7/c1-31-28-33(29-32(2)40(31)51)30-39(57-44(55)49-19-15-37(16-20-49)50-21-14-34-8-4-5-9-38(34)45-43(50)54)41(52)48-24-22-47(23-25-48)36-12-10-35(11-13-36)42(53)56-27-26-46-17-6-3-7-18-46/h4-5,8-13,28-29,37,39,51H,3,6-7,14-27,30H2,1-2H3,(H,45,54)/t39-/m1/s1. The second-order valence-electron chi connectivity index (χ2n) is 15.8. The second-order valence-corrected chi connectivity index (χ2v) is 15.8. The summed E-state index contributed by atoms with van der Waals surface area (Å²) in [5, 5.41) is 13.4. The van der Waals surface area contributed by atoms with Gasteiger partial charge in [0, 0.05) is 76.2 Å². The Balaban J connectivity index is 0.939. The maximum absolute atomic E-state index is 14.2. The topological polar surface area (TPSA) is 135 Å². The number of piperidine rings is 2. The molecule has 1 atom stereocenters. The molecule has 7 rings (SSSR count). The average Bonchev–Trinajstić information content (AvgIpc) is 3.40. The molecule has 3 aromatic rings. The van der Waals surface area contributed by atoms with Crippen LogP contribution in [0.3, 0.4) is 0 Å². The summed E-state index contributed by atoms with van der Waals surface area (Å²) in [6.45, 7) is 10.3. The number of aromatic hydroxyl groups is 1. The van der Waals surface area contributed by atoms with Gasteiger partial charge in [0.25, 0.3) is 5.91 Å². The van der Waals surface area contributed by atoms with Crippen LogP contribution in [-0.2, 0) is 27.1 Å². The molecule has 4 amide bonds.